The van der Waals surface area contributed by atoms with Crippen LogP contribution >= 0.6 is 0 Å². The second kappa shape index (κ2) is 9.13. The van der Waals surface area contributed by atoms with E-state index < -0.39 is 6.10 Å². The van der Waals surface area contributed by atoms with Gasteiger partial charge in [0.1, 0.15) is 6.61 Å². The average Bonchev–Trinajstić information content (AvgIpc) is 2.88. The molecule has 0 bridgehead atoms. The summed E-state index contributed by atoms with van der Waals surface area (Å²) in [6.45, 7) is 2.73. The minimum Gasteiger partial charge on any atom is -0.485 e. The number of anilines is 1. The van der Waals surface area contributed by atoms with Gasteiger partial charge in [0.2, 0.25) is 12.0 Å². The maximum Gasteiger partial charge on any atom is 0.267 e. The molecule has 2 fully saturated rings. The predicted octanol–water partition coefficient (Wildman–Crippen LogP) is 2.33. The number of piperidine rings is 1. The van der Waals surface area contributed by atoms with E-state index >= 15 is 0 Å². The molecular weight excluding hydrogens is 422 g/mol. The summed E-state index contributed by atoms with van der Waals surface area (Å²) in [6, 6.07) is 14.6. The highest BCUT2D eigenvalue weighted by Crippen LogP contribution is 2.31. The maximum absolute atomic E-state index is 13.0. The van der Waals surface area contributed by atoms with Crippen LogP contribution < -0.4 is 14.4 Å². The van der Waals surface area contributed by atoms with Gasteiger partial charge in [-0.05, 0) is 49.2 Å². The van der Waals surface area contributed by atoms with Crippen LogP contribution in [0.3, 0.4) is 0 Å². The molecule has 172 valence electrons. The van der Waals surface area contributed by atoms with Gasteiger partial charge in [0.25, 0.3) is 11.8 Å². The Bertz CT molecular complexity index is 1050. The molecule has 3 heterocycles. The second-order valence-corrected chi connectivity index (χ2v) is 8.53. The van der Waals surface area contributed by atoms with Gasteiger partial charge < -0.3 is 24.2 Å². The molecular formula is C25H27N3O5. The quantitative estimate of drug-likeness (QED) is 0.719. The van der Waals surface area contributed by atoms with Crippen LogP contribution in [-0.2, 0) is 9.59 Å². The SMILES string of the molecule is O=C(c1ccc(N2CCCCC2=O)cc1)N1CCN(C(=O)C2COc3ccccc3O2)CC1. The van der Waals surface area contributed by atoms with Crippen LogP contribution in [0.15, 0.2) is 48.5 Å². The summed E-state index contributed by atoms with van der Waals surface area (Å²) in [7, 11) is 0. The van der Waals surface area contributed by atoms with Gasteiger partial charge in [-0.15, -0.1) is 0 Å². The Balaban J connectivity index is 1.16. The number of fused-ring (bicyclic) bond motifs is 1. The monoisotopic (exact) mass is 449 g/mol. The zero-order valence-electron chi connectivity index (χ0n) is 18.4. The van der Waals surface area contributed by atoms with Gasteiger partial charge >= 0.3 is 0 Å². The van der Waals surface area contributed by atoms with E-state index in [-0.39, 0.29) is 24.3 Å². The summed E-state index contributed by atoms with van der Waals surface area (Å²) in [4.78, 5) is 43.3. The van der Waals surface area contributed by atoms with Crippen molar-refractivity contribution in [2.75, 3.05) is 44.2 Å². The number of nitrogens with zero attached hydrogens (tertiary/aromatic N) is 3. The lowest BCUT2D eigenvalue weighted by atomic mass is 10.1. The van der Waals surface area contributed by atoms with Crippen molar-refractivity contribution in [3.63, 3.8) is 0 Å². The summed E-state index contributed by atoms with van der Waals surface area (Å²) in [5.41, 5.74) is 1.42. The molecule has 5 rings (SSSR count). The highest BCUT2D eigenvalue weighted by atomic mass is 16.6. The lowest BCUT2D eigenvalue weighted by molar-refractivity contribution is -0.142. The Morgan fingerprint density at radius 1 is 0.818 bits per heavy atom. The van der Waals surface area contributed by atoms with Crippen molar-refractivity contribution in [2.45, 2.75) is 25.4 Å². The van der Waals surface area contributed by atoms with E-state index in [1.165, 1.54) is 0 Å². The number of hydrogen-bond acceptors (Lipinski definition) is 5. The minimum atomic E-state index is -0.674. The zero-order chi connectivity index (χ0) is 22.8. The Morgan fingerprint density at radius 3 is 2.24 bits per heavy atom. The lowest BCUT2D eigenvalue weighted by Crippen LogP contribution is -2.55. The Hall–Kier alpha value is -3.55. The minimum absolute atomic E-state index is 0.0650. The molecule has 3 aliphatic heterocycles. The Kier molecular flexibility index (Phi) is 5.90. The fraction of sp³-hybridized carbons (Fsp3) is 0.400. The third-order valence-corrected chi connectivity index (χ3v) is 6.41. The van der Waals surface area contributed by atoms with Crippen molar-refractivity contribution in [2.24, 2.45) is 0 Å². The molecule has 2 saturated heterocycles. The first-order chi connectivity index (χ1) is 16.1. The number of carbonyl (C=O) groups excluding carboxylic acids is 3. The van der Waals surface area contributed by atoms with Crippen LogP contribution in [0.2, 0.25) is 0 Å². The number of rotatable bonds is 3. The van der Waals surface area contributed by atoms with Gasteiger partial charge in [0.05, 0.1) is 0 Å². The molecule has 33 heavy (non-hydrogen) atoms. The van der Waals surface area contributed by atoms with Crippen LogP contribution in [0.25, 0.3) is 0 Å². The van der Waals surface area contributed by atoms with Crippen molar-refractivity contribution >= 4 is 23.4 Å². The summed E-state index contributed by atoms with van der Waals surface area (Å²) >= 11 is 0. The highest BCUT2D eigenvalue weighted by molar-refractivity contribution is 5.97. The summed E-state index contributed by atoms with van der Waals surface area (Å²) in [6.07, 6.45) is 1.84. The number of hydrogen-bond donors (Lipinski definition) is 0. The smallest absolute Gasteiger partial charge is 0.267 e. The van der Waals surface area contributed by atoms with Gasteiger partial charge in [0, 0.05) is 50.4 Å². The molecule has 3 aliphatic rings. The molecule has 0 aliphatic carbocycles. The maximum atomic E-state index is 13.0. The van der Waals surface area contributed by atoms with Gasteiger partial charge in [-0.3, -0.25) is 14.4 Å². The van der Waals surface area contributed by atoms with E-state index in [4.69, 9.17) is 9.47 Å². The largest absolute Gasteiger partial charge is 0.485 e. The number of ether oxygens (including phenoxy) is 2. The van der Waals surface area contributed by atoms with Crippen LogP contribution in [0.5, 0.6) is 11.5 Å². The Morgan fingerprint density at radius 2 is 1.52 bits per heavy atom. The number of piperazine rings is 1. The third kappa shape index (κ3) is 4.37. The first-order valence-corrected chi connectivity index (χ1v) is 11.5. The molecule has 1 unspecified atom stereocenters. The predicted molar refractivity (Wildman–Crippen MR) is 121 cm³/mol. The number of para-hydroxylation sites is 2. The summed E-state index contributed by atoms with van der Waals surface area (Å²) < 4.78 is 11.5. The van der Waals surface area contributed by atoms with Gasteiger partial charge in [-0.25, -0.2) is 0 Å². The molecule has 8 nitrogen and oxygen atoms in total. The first kappa shape index (κ1) is 21.3. The van der Waals surface area contributed by atoms with E-state index in [1.807, 2.05) is 30.3 Å². The van der Waals surface area contributed by atoms with Crippen LogP contribution in [0.1, 0.15) is 29.6 Å². The van der Waals surface area contributed by atoms with E-state index in [2.05, 4.69) is 0 Å². The molecule has 1 atom stereocenters. The molecule has 2 aromatic rings. The normalized spacial score (nSPS) is 20.5. The molecule has 0 spiro atoms. The lowest BCUT2D eigenvalue weighted by Gasteiger charge is -2.37. The van der Waals surface area contributed by atoms with E-state index in [9.17, 15) is 14.4 Å². The molecule has 2 aromatic carbocycles. The standard InChI is InChI=1S/C25H27N3O5/c29-23-7-3-4-12-28(23)19-10-8-18(9-11-19)24(30)26-13-15-27(16-14-26)25(31)22-17-32-20-5-1-2-6-21(20)33-22/h1-2,5-6,8-11,22H,3-4,7,12-17H2. The summed E-state index contributed by atoms with van der Waals surface area (Å²) in [5.74, 6) is 1.17. The van der Waals surface area contributed by atoms with Crippen molar-refractivity contribution in [1.29, 1.82) is 0 Å². The fourth-order valence-electron chi connectivity index (χ4n) is 4.52. The van der Waals surface area contributed by atoms with E-state index in [1.54, 1.807) is 32.9 Å². The Labute approximate surface area is 192 Å². The van der Waals surface area contributed by atoms with Gasteiger partial charge in [-0.1, -0.05) is 12.1 Å². The molecule has 0 N–H and O–H groups in total. The third-order valence-electron chi connectivity index (χ3n) is 6.41. The fourth-order valence-corrected chi connectivity index (χ4v) is 4.52. The first-order valence-electron chi connectivity index (χ1n) is 11.5. The summed E-state index contributed by atoms with van der Waals surface area (Å²) in [5, 5.41) is 0. The average molecular weight is 450 g/mol. The number of amides is 3. The van der Waals surface area contributed by atoms with E-state index in [0.717, 1.165) is 25.1 Å². The van der Waals surface area contributed by atoms with E-state index in [0.29, 0.717) is 49.7 Å². The molecule has 0 aromatic heterocycles. The van der Waals surface area contributed by atoms with Crippen LogP contribution in [-0.4, -0.2) is 73.0 Å². The zero-order valence-corrected chi connectivity index (χ0v) is 18.4. The van der Waals surface area contributed by atoms with Crippen molar-refractivity contribution in [3.8, 4) is 11.5 Å². The molecule has 8 heteroatoms. The van der Waals surface area contributed by atoms with Crippen LogP contribution in [0.4, 0.5) is 5.69 Å². The number of carbonyl (C=O) groups is 3. The molecule has 0 radical (unpaired) electrons. The van der Waals surface area contributed by atoms with Crippen LogP contribution in [0, 0.1) is 0 Å². The number of benzene rings is 2. The van der Waals surface area contributed by atoms with Crippen molar-refractivity contribution in [3.05, 3.63) is 54.1 Å². The topological polar surface area (TPSA) is 79.4 Å². The molecule has 0 saturated carbocycles. The second-order valence-electron chi connectivity index (χ2n) is 8.53. The van der Waals surface area contributed by atoms with Crippen molar-refractivity contribution in [1.82, 2.24) is 9.80 Å². The molecule has 3 amide bonds. The van der Waals surface area contributed by atoms with Gasteiger partial charge in [-0.2, -0.15) is 0 Å². The van der Waals surface area contributed by atoms with Gasteiger partial charge in [0.15, 0.2) is 11.5 Å². The van der Waals surface area contributed by atoms with Crippen molar-refractivity contribution < 1.29 is 23.9 Å². The highest BCUT2D eigenvalue weighted by Gasteiger charge is 2.33.